The van der Waals surface area contributed by atoms with Gasteiger partial charge in [-0.1, -0.05) is 42.0 Å². The summed E-state index contributed by atoms with van der Waals surface area (Å²) in [6.45, 7) is 3.59. The molecule has 0 saturated carbocycles. The highest BCUT2D eigenvalue weighted by atomic mass is 16.5. The fraction of sp³-hybridized carbons (Fsp3) is 0.318. The summed E-state index contributed by atoms with van der Waals surface area (Å²) in [5, 5.41) is 0. The van der Waals surface area contributed by atoms with Gasteiger partial charge in [-0.3, -0.25) is 19.3 Å². The molecule has 0 aromatic heterocycles. The molecule has 28 heavy (non-hydrogen) atoms. The third-order valence-corrected chi connectivity index (χ3v) is 5.30. The third-order valence-electron chi connectivity index (χ3n) is 5.30. The zero-order chi connectivity index (χ0) is 19.7. The number of amides is 3. The van der Waals surface area contributed by atoms with Crippen LogP contribution < -0.4 is 0 Å². The smallest absolute Gasteiger partial charge is 0.261 e. The molecule has 1 saturated heterocycles. The van der Waals surface area contributed by atoms with E-state index in [0.29, 0.717) is 30.8 Å². The van der Waals surface area contributed by atoms with Crippen LogP contribution in [0.15, 0.2) is 48.5 Å². The average Bonchev–Trinajstić information content (AvgIpc) is 2.97. The molecule has 2 aromatic carbocycles. The average molecular weight is 378 g/mol. The molecule has 2 aliphatic heterocycles. The fourth-order valence-corrected chi connectivity index (χ4v) is 3.67. The van der Waals surface area contributed by atoms with E-state index in [1.54, 1.807) is 29.2 Å². The van der Waals surface area contributed by atoms with Gasteiger partial charge < -0.3 is 9.64 Å². The Hall–Kier alpha value is -2.99. The van der Waals surface area contributed by atoms with Crippen LogP contribution in [0, 0.1) is 6.92 Å². The van der Waals surface area contributed by atoms with Crippen molar-refractivity contribution in [2.45, 2.75) is 19.4 Å². The zero-order valence-corrected chi connectivity index (χ0v) is 15.8. The largest absolute Gasteiger partial charge is 0.370 e. The molecule has 1 unspecified atom stereocenters. The fourth-order valence-electron chi connectivity index (χ4n) is 3.67. The summed E-state index contributed by atoms with van der Waals surface area (Å²) in [6, 6.07) is 14.9. The molecular weight excluding hydrogens is 356 g/mol. The van der Waals surface area contributed by atoms with E-state index in [4.69, 9.17) is 4.74 Å². The second-order valence-electron chi connectivity index (χ2n) is 7.17. The molecule has 0 aliphatic carbocycles. The molecule has 0 N–H and O–H groups in total. The predicted molar refractivity (Wildman–Crippen MR) is 103 cm³/mol. The Balaban J connectivity index is 1.37. The van der Waals surface area contributed by atoms with Crippen LogP contribution in [0.2, 0.25) is 0 Å². The SMILES string of the molecule is Cc1ccc(C2CN(C(=O)CCN3C(=O)c4ccccc4C3=O)CCO2)cc1. The van der Waals surface area contributed by atoms with E-state index >= 15 is 0 Å². The number of imide groups is 1. The van der Waals surface area contributed by atoms with Crippen molar-refractivity contribution < 1.29 is 19.1 Å². The first-order valence-corrected chi connectivity index (χ1v) is 9.46. The van der Waals surface area contributed by atoms with Crippen molar-refractivity contribution in [3.8, 4) is 0 Å². The van der Waals surface area contributed by atoms with Gasteiger partial charge in [0.15, 0.2) is 0 Å². The molecular formula is C22H22N2O4. The highest BCUT2D eigenvalue weighted by Gasteiger charge is 2.35. The minimum absolute atomic E-state index is 0.0723. The van der Waals surface area contributed by atoms with Gasteiger partial charge in [0.05, 0.1) is 24.3 Å². The maximum absolute atomic E-state index is 12.7. The van der Waals surface area contributed by atoms with Crippen molar-refractivity contribution in [2.24, 2.45) is 0 Å². The summed E-state index contributed by atoms with van der Waals surface area (Å²) in [4.78, 5) is 40.5. The van der Waals surface area contributed by atoms with Crippen LogP contribution in [-0.2, 0) is 9.53 Å². The van der Waals surface area contributed by atoms with Crippen molar-refractivity contribution in [1.29, 1.82) is 0 Å². The van der Waals surface area contributed by atoms with Crippen LogP contribution in [0.1, 0.15) is 44.4 Å². The lowest BCUT2D eigenvalue weighted by molar-refractivity contribution is -0.139. The van der Waals surface area contributed by atoms with Crippen LogP contribution >= 0.6 is 0 Å². The first-order valence-electron chi connectivity index (χ1n) is 9.46. The van der Waals surface area contributed by atoms with Gasteiger partial charge in [-0.25, -0.2) is 0 Å². The number of fused-ring (bicyclic) bond motifs is 1. The molecule has 4 rings (SSSR count). The van der Waals surface area contributed by atoms with Gasteiger partial charge in [-0.15, -0.1) is 0 Å². The standard InChI is InChI=1S/C22H22N2O4/c1-15-6-8-16(9-7-15)19-14-23(12-13-28-19)20(25)10-11-24-21(26)17-4-2-3-5-18(17)22(24)27/h2-9,19H,10-14H2,1H3. The Morgan fingerprint density at radius 3 is 2.32 bits per heavy atom. The van der Waals surface area contributed by atoms with Gasteiger partial charge in [-0.2, -0.15) is 0 Å². The van der Waals surface area contributed by atoms with Crippen LogP contribution in [-0.4, -0.2) is 53.8 Å². The third kappa shape index (κ3) is 3.43. The number of ether oxygens (including phenoxy) is 1. The van der Waals surface area contributed by atoms with Crippen LogP contribution in [0.25, 0.3) is 0 Å². The van der Waals surface area contributed by atoms with Gasteiger partial charge >= 0.3 is 0 Å². The first-order chi connectivity index (χ1) is 13.5. The molecule has 1 fully saturated rings. The Labute approximate surface area is 163 Å². The van der Waals surface area contributed by atoms with E-state index in [2.05, 4.69) is 0 Å². The lowest BCUT2D eigenvalue weighted by Gasteiger charge is -2.33. The molecule has 0 spiro atoms. The Morgan fingerprint density at radius 2 is 1.68 bits per heavy atom. The first kappa shape index (κ1) is 18.4. The van der Waals surface area contributed by atoms with Crippen molar-refractivity contribution in [3.05, 3.63) is 70.8 Å². The summed E-state index contributed by atoms with van der Waals surface area (Å²) < 4.78 is 5.83. The van der Waals surface area contributed by atoms with Gasteiger partial charge in [0, 0.05) is 19.5 Å². The Bertz CT molecular complexity index is 887. The molecule has 3 amide bonds. The molecule has 144 valence electrons. The lowest BCUT2D eigenvalue weighted by atomic mass is 10.1. The number of hydrogen-bond acceptors (Lipinski definition) is 4. The summed E-state index contributed by atoms with van der Waals surface area (Å²) >= 11 is 0. The molecule has 1 atom stereocenters. The van der Waals surface area contributed by atoms with Crippen LogP contribution in [0.4, 0.5) is 0 Å². The molecule has 0 bridgehead atoms. The number of hydrogen-bond donors (Lipinski definition) is 0. The van der Waals surface area contributed by atoms with Gasteiger partial charge in [0.2, 0.25) is 5.91 Å². The lowest BCUT2D eigenvalue weighted by Crippen LogP contribution is -2.43. The van der Waals surface area contributed by atoms with E-state index in [1.807, 2.05) is 31.2 Å². The van der Waals surface area contributed by atoms with Crippen LogP contribution in [0.5, 0.6) is 0 Å². The number of aryl methyl sites for hydroxylation is 1. The predicted octanol–water partition coefficient (Wildman–Crippen LogP) is 2.58. The zero-order valence-electron chi connectivity index (χ0n) is 15.8. The number of carbonyl (C=O) groups excluding carboxylic acids is 3. The topological polar surface area (TPSA) is 66.9 Å². The van der Waals surface area contributed by atoms with Crippen molar-refractivity contribution in [1.82, 2.24) is 9.80 Å². The quantitative estimate of drug-likeness (QED) is 0.767. The molecule has 2 aromatic rings. The maximum atomic E-state index is 12.7. The van der Waals surface area contributed by atoms with E-state index in [0.717, 1.165) is 5.56 Å². The number of rotatable bonds is 4. The van der Waals surface area contributed by atoms with Crippen molar-refractivity contribution >= 4 is 17.7 Å². The van der Waals surface area contributed by atoms with Gasteiger partial charge in [-0.05, 0) is 24.6 Å². The number of nitrogens with zero attached hydrogens (tertiary/aromatic N) is 2. The highest BCUT2D eigenvalue weighted by Crippen LogP contribution is 2.25. The van der Waals surface area contributed by atoms with E-state index in [1.165, 1.54) is 10.5 Å². The molecule has 6 heteroatoms. The number of carbonyl (C=O) groups is 3. The minimum Gasteiger partial charge on any atom is -0.370 e. The van der Waals surface area contributed by atoms with Crippen molar-refractivity contribution in [3.63, 3.8) is 0 Å². The normalized spacial score (nSPS) is 19.1. The Kier molecular flexibility index (Phi) is 4.96. The van der Waals surface area contributed by atoms with E-state index in [9.17, 15) is 14.4 Å². The Morgan fingerprint density at radius 1 is 1.04 bits per heavy atom. The number of benzene rings is 2. The number of morpholine rings is 1. The molecule has 2 heterocycles. The van der Waals surface area contributed by atoms with E-state index in [-0.39, 0.29) is 36.8 Å². The van der Waals surface area contributed by atoms with Gasteiger partial charge in [0.25, 0.3) is 11.8 Å². The summed E-state index contributed by atoms with van der Waals surface area (Å²) in [5.74, 6) is -0.724. The second-order valence-corrected chi connectivity index (χ2v) is 7.17. The summed E-state index contributed by atoms with van der Waals surface area (Å²) in [7, 11) is 0. The molecule has 0 radical (unpaired) electrons. The molecule has 2 aliphatic rings. The monoisotopic (exact) mass is 378 g/mol. The maximum Gasteiger partial charge on any atom is 0.261 e. The second kappa shape index (κ2) is 7.56. The summed E-state index contributed by atoms with van der Waals surface area (Å²) in [5.41, 5.74) is 3.04. The van der Waals surface area contributed by atoms with E-state index < -0.39 is 0 Å². The summed E-state index contributed by atoms with van der Waals surface area (Å²) in [6.07, 6.45) is -0.0378. The van der Waals surface area contributed by atoms with Crippen LogP contribution in [0.3, 0.4) is 0 Å². The highest BCUT2D eigenvalue weighted by molar-refractivity contribution is 6.21. The minimum atomic E-state index is -0.326. The van der Waals surface area contributed by atoms with Crippen molar-refractivity contribution in [2.75, 3.05) is 26.2 Å². The molecule has 6 nitrogen and oxygen atoms in total. The van der Waals surface area contributed by atoms with Gasteiger partial charge in [0.1, 0.15) is 6.10 Å².